The Balaban J connectivity index is 2.34. The Kier molecular flexibility index (Phi) is 3.65. The normalized spacial score (nSPS) is 11.8. The average molecular weight is 259 g/mol. The van der Waals surface area contributed by atoms with E-state index in [9.17, 15) is 4.79 Å². The maximum atomic E-state index is 12.1. The molecule has 19 heavy (non-hydrogen) atoms. The molecule has 0 N–H and O–H groups in total. The molecule has 3 nitrogen and oxygen atoms in total. The minimum Gasteiger partial charge on any atom is -0.456 e. The van der Waals surface area contributed by atoms with Gasteiger partial charge in [-0.3, -0.25) is 0 Å². The summed E-state index contributed by atoms with van der Waals surface area (Å²) >= 11 is 0. The Bertz CT molecular complexity index is 590. The number of carbonyl (C=O) groups excluding carboxylic acids is 1. The monoisotopic (exact) mass is 259 g/mol. The van der Waals surface area contributed by atoms with E-state index in [1.807, 2.05) is 39.1 Å². The van der Waals surface area contributed by atoms with Crippen molar-refractivity contribution in [2.75, 3.05) is 0 Å². The van der Waals surface area contributed by atoms with Gasteiger partial charge in [-0.1, -0.05) is 13.3 Å². The zero-order chi connectivity index (χ0) is 14.0. The first-order valence-electron chi connectivity index (χ1n) is 6.74. The van der Waals surface area contributed by atoms with Crippen molar-refractivity contribution in [3.8, 4) is 0 Å². The van der Waals surface area contributed by atoms with Crippen LogP contribution in [0.3, 0.4) is 0 Å². The number of hydrogen-bond donors (Lipinski definition) is 0. The summed E-state index contributed by atoms with van der Waals surface area (Å²) in [6, 6.07) is 7.96. The Labute approximate surface area is 114 Å². The third-order valence-electron chi connectivity index (χ3n) is 2.88. The summed E-state index contributed by atoms with van der Waals surface area (Å²) in [6.45, 7) is 7.78. The number of hydrogen-bond acceptors (Lipinski definition) is 2. The Hall–Kier alpha value is -1.77. The smallest absolute Gasteiger partial charge is 0.340 e. The highest BCUT2D eigenvalue weighted by molar-refractivity contribution is 5.89. The van der Waals surface area contributed by atoms with Crippen molar-refractivity contribution < 1.29 is 9.53 Å². The molecule has 0 aliphatic heterocycles. The second kappa shape index (κ2) is 5.08. The van der Waals surface area contributed by atoms with Crippen LogP contribution >= 0.6 is 0 Å². The second-order valence-corrected chi connectivity index (χ2v) is 5.79. The minimum absolute atomic E-state index is 0.273. The molecule has 0 saturated heterocycles. The third kappa shape index (κ3) is 3.16. The summed E-state index contributed by atoms with van der Waals surface area (Å²) in [5, 5.41) is 0. The molecule has 0 aliphatic rings. The van der Waals surface area contributed by atoms with Gasteiger partial charge in [0.05, 0.1) is 5.56 Å². The molecule has 0 unspecified atom stereocenters. The minimum atomic E-state index is -0.463. The number of esters is 1. The van der Waals surface area contributed by atoms with E-state index >= 15 is 0 Å². The Morgan fingerprint density at radius 1 is 1.21 bits per heavy atom. The van der Waals surface area contributed by atoms with Gasteiger partial charge in [0.2, 0.25) is 0 Å². The Morgan fingerprint density at radius 3 is 2.53 bits per heavy atom. The number of ether oxygens (including phenoxy) is 1. The van der Waals surface area contributed by atoms with Crippen molar-refractivity contribution in [2.45, 2.75) is 46.1 Å². The zero-order valence-electron chi connectivity index (χ0n) is 12.1. The molecule has 2 rings (SSSR count). The van der Waals surface area contributed by atoms with E-state index in [4.69, 9.17) is 4.74 Å². The van der Waals surface area contributed by atoms with Gasteiger partial charge in [-0.05, 0) is 51.5 Å². The molecule has 102 valence electrons. The second-order valence-electron chi connectivity index (χ2n) is 5.79. The molecule has 2 heterocycles. The lowest BCUT2D eigenvalue weighted by atomic mass is 10.2. The summed E-state index contributed by atoms with van der Waals surface area (Å²) in [6.07, 6.45) is 3.96. The van der Waals surface area contributed by atoms with Crippen LogP contribution < -0.4 is 0 Å². The average Bonchev–Trinajstić information content (AvgIpc) is 2.70. The summed E-state index contributed by atoms with van der Waals surface area (Å²) in [5.41, 5.74) is 2.46. The molecular formula is C16H21NO2. The maximum Gasteiger partial charge on any atom is 0.340 e. The molecule has 0 aliphatic carbocycles. The molecule has 0 amide bonds. The number of carbonyl (C=O) groups is 1. The van der Waals surface area contributed by atoms with Gasteiger partial charge in [-0.2, -0.15) is 0 Å². The lowest BCUT2D eigenvalue weighted by molar-refractivity contribution is 0.00690. The molecule has 0 atom stereocenters. The highest BCUT2D eigenvalue weighted by atomic mass is 16.6. The van der Waals surface area contributed by atoms with E-state index in [0.717, 1.165) is 18.4 Å². The van der Waals surface area contributed by atoms with Gasteiger partial charge >= 0.3 is 5.97 Å². The first kappa shape index (κ1) is 13.7. The predicted octanol–water partition coefficient (Wildman–Crippen LogP) is 3.85. The highest BCUT2D eigenvalue weighted by Crippen LogP contribution is 2.16. The summed E-state index contributed by atoms with van der Waals surface area (Å²) in [7, 11) is 0. The molecule has 0 radical (unpaired) electrons. The molecule has 0 saturated carbocycles. The van der Waals surface area contributed by atoms with Crippen molar-refractivity contribution in [3.63, 3.8) is 0 Å². The van der Waals surface area contributed by atoms with Gasteiger partial charge in [0, 0.05) is 17.4 Å². The van der Waals surface area contributed by atoms with Crippen molar-refractivity contribution in [3.05, 3.63) is 41.7 Å². The van der Waals surface area contributed by atoms with Crippen LogP contribution in [0.4, 0.5) is 0 Å². The van der Waals surface area contributed by atoms with E-state index in [-0.39, 0.29) is 5.97 Å². The van der Waals surface area contributed by atoms with Gasteiger partial charge in [-0.15, -0.1) is 0 Å². The quantitative estimate of drug-likeness (QED) is 0.784. The van der Waals surface area contributed by atoms with E-state index in [1.54, 1.807) is 0 Å². The molecule has 0 spiro atoms. The fraction of sp³-hybridized carbons (Fsp3) is 0.438. The standard InChI is InChI=1S/C16H21NO2/c1-5-6-13-9-10-14-8-7-12(11-17(13)14)15(18)19-16(2,3)4/h7-11H,5-6H2,1-4H3. The molecular weight excluding hydrogens is 238 g/mol. The molecule has 0 aromatic carbocycles. The first-order valence-corrected chi connectivity index (χ1v) is 6.74. The topological polar surface area (TPSA) is 30.7 Å². The van der Waals surface area contributed by atoms with Crippen LogP contribution in [0.1, 0.15) is 50.2 Å². The molecule has 2 aromatic heterocycles. The van der Waals surface area contributed by atoms with Crippen LogP contribution in [0.25, 0.3) is 5.52 Å². The zero-order valence-corrected chi connectivity index (χ0v) is 12.1. The van der Waals surface area contributed by atoms with Crippen LogP contribution in [-0.4, -0.2) is 16.0 Å². The van der Waals surface area contributed by atoms with Crippen LogP contribution in [0.2, 0.25) is 0 Å². The molecule has 2 aromatic rings. The van der Waals surface area contributed by atoms with Crippen LogP contribution in [0, 0.1) is 0 Å². The summed E-state index contributed by atoms with van der Waals surface area (Å²) in [5.74, 6) is -0.273. The highest BCUT2D eigenvalue weighted by Gasteiger charge is 2.18. The fourth-order valence-electron chi connectivity index (χ4n) is 2.08. The maximum absolute atomic E-state index is 12.1. The lowest BCUT2D eigenvalue weighted by Crippen LogP contribution is -2.24. The number of aromatic nitrogens is 1. The van der Waals surface area contributed by atoms with Crippen molar-refractivity contribution in [2.24, 2.45) is 0 Å². The number of aryl methyl sites for hydroxylation is 1. The van der Waals surface area contributed by atoms with Gasteiger partial charge in [0.25, 0.3) is 0 Å². The van der Waals surface area contributed by atoms with Gasteiger partial charge < -0.3 is 9.14 Å². The van der Waals surface area contributed by atoms with E-state index in [1.165, 1.54) is 5.69 Å². The van der Waals surface area contributed by atoms with Gasteiger partial charge in [0.1, 0.15) is 5.60 Å². The van der Waals surface area contributed by atoms with E-state index in [2.05, 4.69) is 23.5 Å². The van der Waals surface area contributed by atoms with Gasteiger partial charge in [0.15, 0.2) is 0 Å². The molecule has 0 bridgehead atoms. The van der Waals surface area contributed by atoms with E-state index < -0.39 is 5.60 Å². The summed E-state index contributed by atoms with van der Waals surface area (Å²) in [4.78, 5) is 12.1. The Morgan fingerprint density at radius 2 is 1.89 bits per heavy atom. The third-order valence-corrected chi connectivity index (χ3v) is 2.88. The van der Waals surface area contributed by atoms with Crippen molar-refractivity contribution >= 4 is 11.5 Å². The lowest BCUT2D eigenvalue weighted by Gasteiger charge is -2.19. The number of rotatable bonds is 3. The van der Waals surface area contributed by atoms with Crippen molar-refractivity contribution in [1.82, 2.24) is 4.40 Å². The van der Waals surface area contributed by atoms with Crippen LogP contribution in [0.5, 0.6) is 0 Å². The number of pyridine rings is 1. The van der Waals surface area contributed by atoms with Crippen molar-refractivity contribution in [1.29, 1.82) is 0 Å². The number of nitrogens with zero attached hydrogens (tertiary/aromatic N) is 1. The molecule has 0 fully saturated rings. The fourth-order valence-corrected chi connectivity index (χ4v) is 2.08. The first-order chi connectivity index (χ1) is 8.90. The largest absolute Gasteiger partial charge is 0.456 e. The van der Waals surface area contributed by atoms with Gasteiger partial charge in [-0.25, -0.2) is 4.79 Å². The van der Waals surface area contributed by atoms with E-state index in [0.29, 0.717) is 5.56 Å². The van der Waals surface area contributed by atoms with Crippen LogP contribution in [0.15, 0.2) is 30.5 Å². The summed E-state index contributed by atoms with van der Waals surface area (Å²) < 4.78 is 7.47. The SMILES string of the molecule is CCCc1ccc2ccc(C(=O)OC(C)(C)C)cn12. The number of fused-ring (bicyclic) bond motifs is 1. The van der Waals surface area contributed by atoms with Crippen LogP contribution in [-0.2, 0) is 11.2 Å². The molecule has 3 heteroatoms. The predicted molar refractivity (Wildman–Crippen MR) is 76.6 cm³/mol.